The van der Waals surface area contributed by atoms with Crippen LogP contribution in [0.25, 0.3) is 0 Å². The summed E-state index contributed by atoms with van der Waals surface area (Å²) in [5, 5.41) is 23.1. The molecule has 0 rings (SSSR count). The number of carbonyl (C=O) groups excluding carboxylic acids is 2. The quantitative estimate of drug-likeness (QED) is 0.0322. The maximum absolute atomic E-state index is 12.4. The Morgan fingerprint density at radius 3 is 1.20 bits per heavy atom. The summed E-state index contributed by atoms with van der Waals surface area (Å²) < 4.78 is 5.46. The molecule has 0 saturated heterocycles. The molecular formula is C53H103NO5. The van der Waals surface area contributed by atoms with Crippen LogP contribution in [0.2, 0.25) is 0 Å². The van der Waals surface area contributed by atoms with Gasteiger partial charge in [0.15, 0.2) is 0 Å². The van der Waals surface area contributed by atoms with Crippen molar-refractivity contribution in [2.24, 2.45) is 0 Å². The van der Waals surface area contributed by atoms with Crippen LogP contribution >= 0.6 is 0 Å². The Morgan fingerprint density at radius 1 is 0.458 bits per heavy atom. The van der Waals surface area contributed by atoms with Crippen molar-refractivity contribution in [3.63, 3.8) is 0 Å². The molecule has 350 valence electrons. The standard InChI is InChI=1S/C53H103NO5/c1-3-5-7-9-11-13-15-16-23-27-31-35-39-43-47-53(58)59-48-44-40-36-32-28-24-21-19-17-18-20-22-26-30-34-38-42-46-52(57)54-50(49-55)51(56)45-41-37-33-29-25-14-12-10-8-6-4-2/h17,19,50-51,55-56H,3-16,18,20-49H2,1-2H3,(H,54,57)/b19-17-. The second kappa shape index (κ2) is 49.3. The first-order chi connectivity index (χ1) is 29.0. The van der Waals surface area contributed by atoms with Gasteiger partial charge in [-0.3, -0.25) is 9.59 Å². The molecule has 6 heteroatoms. The number of carbonyl (C=O) groups is 2. The highest BCUT2D eigenvalue weighted by molar-refractivity contribution is 5.76. The third-order valence-corrected chi connectivity index (χ3v) is 12.3. The Morgan fingerprint density at radius 2 is 0.797 bits per heavy atom. The van der Waals surface area contributed by atoms with Crippen LogP contribution in [0.15, 0.2) is 12.2 Å². The van der Waals surface area contributed by atoms with Crippen LogP contribution in [0, 0.1) is 0 Å². The van der Waals surface area contributed by atoms with E-state index in [2.05, 4.69) is 31.3 Å². The number of hydrogen-bond acceptors (Lipinski definition) is 5. The van der Waals surface area contributed by atoms with Gasteiger partial charge in [0.25, 0.3) is 0 Å². The number of aliphatic hydroxyl groups excluding tert-OH is 2. The van der Waals surface area contributed by atoms with Crippen LogP contribution in [-0.4, -0.2) is 47.4 Å². The fourth-order valence-corrected chi connectivity index (χ4v) is 8.22. The van der Waals surface area contributed by atoms with E-state index in [1.807, 2.05) is 0 Å². The first-order valence-corrected chi connectivity index (χ1v) is 26.4. The third-order valence-electron chi connectivity index (χ3n) is 12.3. The molecular weight excluding hydrogens is 731 g/mol. The molecule has 0 spiro atoms. The van der Waals surface area contributed by atoms with Crippen LogP contribution < -0.4 is 5.32 Å². The van der Waals surface area contributed by atoms with Gasteiger partial charge in [-0.2, -0.15) is 0 Å². The molecule has 2 atom stereocenters. The summed E-state index contributed by atoms with van der Waals surface area (Å²) in [4.78, 5) is 24.4. The van der Waals surface area contributed by atoms with Crippen molar-refractivity contribution in [1.29, 1.82) is 0 Å². The lowest BCUT2D eigenvalue weighted by atomic mass is 10.0. The molecule has 0 aromatic carbocycles. The van der Waals surface area contributed by atoms with Gasteiger partial charge in [0.05, 0.1) is 25.4 Å². The van der Waals surface area contributed by atoms with E-state index in [9.17, 15) is 19.8 Å². The minimum atomic E-state index is -0.669. The Labute approximate surface area is 368 Å². The number of ether oxygens (including phenoxy) is 1. The van der Waals surface area contributed by atoms with Crippen molar-refractivity contribution in [1.82, 2.24) is 5.32 Å². The van der Waals surface area contributed by atoms with Crippen molar-refractivity contribution in [2.75, 3.05) is 13.2 Å². The van der Waals surface area contributed by atoms with Gasteiger partial charge in [-0.05, 0) is 51.4 Å². The molecule has 0 aromatic heterocycles. The van der Waals surface area contributed by atoms with Crippen LogP contribution in [0.5, 0.6) is 0 Å². The summed E-state index contributed by atoms with van der Waals surface area (Å²) in [6, 6.07) is -0.548. The molecule has 59 heavy (non-hydrogen) atoms. The molecule has 0 bridgehead atoms. The first-order valence-electron chi connectivity index (χ1n) is 26.4. The van der Waals surface area contributed by atoms with Gasteiger partial charge in [0.1, 0.15) is 0 Å². The van der Waals surface area contributed by atoms with E-state index in [0.29, 0.717) is 25.9 Å². The fraction of sp³-hybridized carbons (Fsp3) is 0.925. The monoisotopic (exact) mass is 834 g/mol. The van der Waals surface area contributed by atoms with Gasteiger partial charge in [-0.25, -0.2) is 0 Å². The zero-order valence-corrected chi connectivity index (χ0v) is 39.7. The molecule has 0 aromatic rings. The van der Waals surface area contributed by atoms with Crippen molar-refractivity contribution in [3.05, 3.63) is 12.2 Å². The summed E-state index contributed by atoms with van der Waals surface area (Å²) in [6.07, 6.45) is 56.1. The van der Waals surface area contributed by atoms with Crippen molar-refractivity contribution in [2.45, 2.75) is 302 Å². The highest BCUT2D eigenvalue weighted by Crippen LogP contribution is 2.16. The molecule has 3 N–H and O–H groups in total. The normalized spacial score (nSPS) is 12.7. The average molecular weight is 834 g/mol. The molecule has 1 amide bonds. The summed E-state index contributed by atoms with van der Waals surface area (Å²) in [6.45, 7) is 4.93. The lowest BCUT2D eigenvalue weighted by Crippen LogP contribution is -2.45. The van der Waals surface area contributed by atoms with Crippen molar-refractivity contribution < 1.29 is 24.5 Å². The zero-order valence-electron chi connectivity index (χ0n) is 39.7. The zero-order chi connectivity index (χ0) is 43.0. The molecule has 0 radical (unpaired) electrons. The topological polar surface area (TPSA) is 95.9 Å². The summed E-state index contributed by atoms with van der Waals surface area (Å²) in [7, 11) is 0. The lowest BCUT2D eigenvalue weighted by Gasteiger charge is -2.22. The highest BCUT2D eigenvalue weighted by Gasteiger charge is 2.20. The Kier molecular flexibility index (Phi) is 48.1. The Hall–Kier alpha value is -1.40. The average Bonchev–Trinajstić information content (AvgIpc) is 3.24. The van der Waals surface area contributed by atoms with Gasteiger partial charge in [0, 0.05) is 12.8 Å². The second-order valence-corrected chi connectivity index (χ2v) is 18.2. The number of hydrogen-bond donors (Lipinski definition) is 3. The van der Waals surface area contributed by atoms with E-state index in [-0.39, 0.29) is 18.5 Å². The fourth-order valence-electron chi connectivity index (χ4n) is 8.22. The van der Waals surface area contributed by atoms with E-state index in [0.717, 1.165) is 51.4 Å². The van der Waals surface area contributed by atoms with Gasteiger partial charge >= 0.3 is 5.97 Å². The number of aliphatic hydroxyl groups is 2. The summed E-state index contributed by atoms with van der Waals surface area (Å²) in [5.41, 5.74) is 0. The molecule has 0 saturated carbocycles. The molecule has 6 nitrogen and oxygen atoms in total. The molecule has 2 unspecified atom stereocenters. The molecule has 0 aliphatic carbocycles. The van der Waals surface area contributed by atoms with E-state index in [4.69, 9.17) is 4.74 Å². The van der Waals surface area contributed by atoms with E-state index in [1.165, 1.54) is 205 Å². The van der Waals surface area contributed by atoms with Crippen LogP contribution in [0.4, 0.5) is 0 Å². The minimum Gasteiger partial charge on any atom is -0.466 e. The van der Waals surface area contributed by atoms with Crippen LogP contribution in [0.3, 0.4) is 0 Å². The van der Waals surface area contributed by atoms with E-state index >= 15 is 0 Å². The van der Waals surface area contributed by atoms with Crippen LogP contribution in [-0.2, 0) is 14.3 Å². The SMILES string of the molecule is CCCCCCCCCCCCCCCCC(=O)OCCCCCCCC/C=C\CCCCCCCCCC(=O)NC(CO)C(O)CCCCCCCCCCCCC. The molecule has 0 aliphatic heterocycles. The summed E-state index contributed by atoms with van der Waals surface area (Å²) >= 11 is 0. The number of allylic oxidation sites excluding steroid dienone is 2. The Balaban J connectivity index is 3.43. The van der Waals surface area contributed by atoms with Gasteiger partial charge in [0.2, 0.25) is 5.91 Å². The van der Waals surface area contributed by atoms with Crippen molar-refractivity contribution >= 4 is 11.9 Å². The molecule has 0 aliphatic rings. The van der Waals surface area contributed by atoms with E-state index < -0.39 is 12.1 Å². The maximum atomic E-state index is 12.4. The summed E-state index contributed by atoms with van der Waals surface area (Å²) in [5.74, 6) is -0.0470. The third kappa shape index (κ3) is 45.9. The lowest BCUT2D eigenvalue weighted by molar-refractivity contribution is -0.143. The van der Waals surface area contributed by atoms with Crippen LogP contribution in [0.1, 0.15) is 290 Å². The van der Waals surface area contributed by atoms with Crippen molar-refractivity contribution in [3.8, 4) is 0 Å². The number of unbranched alkanes of at least 4 members (excludes halogenated alkanes) is 36. The highest BCUT2D eigenvalue weighted by atomic mass is 16.5. The smallest absolute Gasteiger partial charge is 0.305 e. The predicted molar refractivity (Wildman–Crippen MR) is 255 cm³/mol. The molecule has 0 heterocycles. The second-order valence-electron chi connectivity index (χ2n) is 18.2. The van der Waals surface area contributed by atoms with Gasteiger partial charge in [-0.1, -0.05) is 238 Å². The largest absolute Gasteiger partial charge is 0.466 e. The van der Waals surface area contributed by atoms with Gasteiger partial charge < -0.3 is 20.3 Å². The predicted octanol–water partition coefficient (Wildman–Crippen LogP) is 15.7. The number of esters is 1. The molecule has 0 fully saturated rings. The maximum Gasteiger partial charge on any atom is 0.305 e. The number of nitrogens with one attached hydrogen (secondary N) is 1. The number of amides is 1. The van der Waals surface area contributed by atoms with E-state index in [1.54, 1.807) is 0 Å². The Bertz CT molecular complexity index is 878. The minimum absolute atomic E-state index is 0.000466. The van der Waals surface area contributed by atoms with Gasteiger partial charge in [-0.15, -0.1) is 0 Å². The number of rotatable bonds is 49. The first kappa shape index (κ1) is 57.6.